The van der Waals surface area contributed by atoms with Crippen LogP contribution in [0.15, 0.2) is 45.4 Å². The molecule has 3 heterocycles. The van der Waals surface area contributed by atoms with Crippen LogP contribution in [0.3, 0.4) is 0 Å². The average molecular weight is 392 g/mol. The topological polar surface area (TPSA) is 99.8 Å². The highest BCUT2D eigenvalue weighted by molar-refractivity contribution is 6.03. The van der Waals surface area contributed by atoms with Crippen molar-refractivity contribution in [1.82, 2.24) is 14.1 Å². The Bertz CT molecular complexity index is 1210. The minimum Gasteiger partial charge on any atom is -0.381 e. The molecule has 1 saturated heterocycles. The number of aryl methyl sites for hydroxylation is 1. The molecule has 1 fully saturated rings. The lowest BCUT2D eigenvalue weighted by Crippen LogP contribution is -2.29. The van der Waals surface area contributed by atoms with Crippen LogP contribution in [-0.4, -0.2) is 40.0 Å². The zero-order valence-corrected chi connectivity index (χ0v) is 16.6. The Labute approximate surface area is 168 Å². The van der Waals surface area contributed by atoms with Gasteiger partial charge in [0.05, 0.1) is 22.7 Å². The highest BCUT2D eigenvalue weighted by atomic mass is 16.5. The summed E-state index contributed by atoms with van der Waals surface area (Å²) in [7, 11) is 1.79. The fourth-order valence-electron chi connectivity index (χ4n) is 3.83. The molecule has 29 heavy (non-hydrogen) atoms. The lowest BCUT2D eigenvalue weighted by atomic mass is 10.0. The van der Waals surface area contributed by atoms with E-state index in [0.29, 0.717) is 13.2 Å². The number of aliphatic imine (C=N–C) groups is 2. The molecule has 3 aromatic rings. The molecule has 8 nitrogen and oxygen atoms in total. The van der Waals surface area contributed by atoms with Gasteiger partial charge in [0.15, 0.2) is 0 Å². The first-order valence-corrected chi connectivity index (χ1v) is 9.56. The van der Waals surface area contributed by atoms with Crippen molar-refractivity contribution in [2.75, 3.05) is 13.2 Å². The van der Waals surface area contributed by atoms with Gasteiger partial charge in [-0.1, -0.05) is 6.07 Å². The van der Waals surface area contributed by atoms with E-state index in [1.165, 1.54) is 0 Å². The van der Waals surface area contributed by atoms with Crippen LogP contribution in [0.5, 0.6) is 0 Å². The van der Waals surface area contributed by atoms with Crippen molar-refractivity contribution in [2.24, 2.45) is 22.8 Å². The van der Waals surface area contributed by atoms with Gasteiger partial charge in [-0.25, -0.2) is 14.8 Å². The fraction of sp³-hybridized carbons (Fsp3) is 0.333. The van der Waals surface area contributed by atoms with Gasteiger partial charge in [0, 0.05) is 37.9 Å². The molecule has 1 aliphatic heterocycles. The molecule has 4 rings (SSSR count). The van der Waals surface area contributed by atoms with E-state index in [1.54, 1.807) is 24.0 Å². The Morgan fingerprint density at radius 3 is 2.86 bits per heavy atom. The van der Waals surface area contributed by atoms with Gasteiger partial charge in [0.25, 0.3) is 0 Å². The molecular weight excluding hydrogens is 368 g/mol. The molecule has 0 bridgehead atoms. The van der Waals surface area contributed by atoms with Crippen LogP contribution in [-0.2, 0) is 11.8 Å². The fourth-order valence-corrected chi connectivity index (χ4v) is 3.83. The molecule has 0 atom stereocenters. The number of rotatable bonds is 3. The van der Waals surface area contributed by atoms with Crippen LogP contribution in [0.4, 0.5) is 0 Å². The number of benzene rings is 1. The minimum atomic E-state index is -0.0201. The van der Waals surface area contributed by atoms with Gasteiger partial charge in [-0.2, -0.15) is 0 Å². The highest BCUT2D eigenvalue weighted by Crippen LogP contribution is 2.30. The zero-order valence-electron chi connectivity index (χ0n) is 16.6. The molecule has 1 aromatic carbocycles. The first-order chi connectivity index (χ1) is 14.0. The molecule has 2 N–H and O–H groups in total. The molecule has 1 aliphatic rings. The van der Waals surface area contributed by atoms with E-state index in [0.717, 1.165) is 45.9 Å². The van der Waals surface area contributed by atoms with Gasteiger partial charge in [0.2, 0.25) is 5.96 Å². The second-order valence-corrected chi connectivity index (χ2v) is 7.24. The number of allylic oxidation sites excluding steroid dienone is 1. The van der Waals surface area contributed by atoms with Gasteiger partial charge in [-0.05, 0) is 49.8 Å². The molecule has 0 unspecified atom stereocenters. The molecule has 0 spiro atoms. The predicted molar refractivity (Wildman–Crippen MR) is 116 cm³/mol. The molecule has 8 heteroatoms. The number of nitrogens with zero attached hydrogens (tertiary/aromatic N) is 5. The monoisotopic (exact) mass is 392 g/mol. The summed E-state index contributed by atoms with van der Waals surface area (Å²) in [6.45, 7) is 6.65. The Kier molecular flexibility index (Phi) is 5.02. The highest BCUT2D eigenvalue weighted by Gasteiger charge is 2.23. The van der Waals surface area contributed by atoms with Crippen molar-refractivity contribution in [2.45, 2.75) is 25.8 Å². The summed E-state index contributed by atoms with van der Waals surface area (Å²) in [6, 6.07) is 6.12. The van der Waals surface area contributed by atoms with Gasteiger partial charge >= 0.3 is 5.69 Å². The minimum absolute atomic E-state index is 0.0201. The summed E-state index contributed by atoms with van der Waals surface area (Å²) in [6.07, 6.45) is 5.08. The third kappa shape index (κ3) is 3.36. The summed E-state index contributed by atoms with van der Waals surface area (Å²) < 4.78 is 9.09. The van der Waals surface area contributed by atoms with Crippen LogP contribution < -0.4 is 11.4 Å². The van der Waals surface area contributed by atoms with Crippen LogP contribution in [0.25, 0.3) is 27.5 Å². The van der Waals surface area contributed by atoms with Gasteiger partial charge in [0.1, 0.15) is 0 Å². The Morgan fingerprint density at radius 2 is 2.14 bits per heavy atom. The second kappa shape index (κ2) is 7.63. The zero-order chi connectivity index (χ0) is 20.5. The van der Waals surface area contributed by atoms with E-state index in [9.17, 15) is 4.79 Å². The van der Waals surface area contributed by atoms with Crippen LogP contribution >= 0.6 is 0 Å². The van der Waals surface area contributed by atoms with Gasteiger partial charge in [-0.15, -0.1) is 0 Å². The second-order valence-electron chi connectivity index (χ2n) is 7.24. The number of guanidine groups is 1. The maximum Gasteiger partial charge on any atom is 0.329 e. The van der Waals surface area contributed by atoms with E-state index >= 15 is 0 Å². The van der Waals surface area contributed by atoms with E-state index in [2.05, 4.69) is 27.8 Å². The lowest BCUT2D eigenvalue weighted by molar-refractivity contribution is 0.0697. The van der Waals surface area contributed by atoms with Crippen LogP contribution in [0.1, 0.15) is 31.4 Å². The van der Waals surface area contributed by atoms with E-state index in [-0.39, 0.29) is 17.7 Å². The molecule has 0 aliphatic carbocycles. The summed E-state index contributed by atoms with van der Waals surface area (Å²) in [5.41, 5.74) is 10.1. The van der Waals surface area contributed by atoms with E-state index in [4.69, 9.17) is 10.5 Å². The number of hydrogen-bond donors (Lipinski definition) is 1. The van der Waals surface area contributed by atoms with Crippen molar-refractivity contribution in [3.8, 4) is 0 Å². The maximum atomic E-state index is 13.1. The first-order valence-electron chi connectivity index (χ1n) is 9.56. The lowest BCUT2D eigenvalue weighted by Gasteiger charge is -2.23. The number of ether oxygens (including phenoxy) is 1. The first kappa shape index (κ1) is 19.1. The van der Waals surface area contributed by atoms with Crippen molar-refractivity contribution in [3.63, 3.8) is 0 Å². The van der Waals surface area contributed by atoms with E-state index in [1.807, 2.05) is 23.6 Å². The summed E-state index contributed by atoms with van der Waals surface area (Å²) in [5, 5.41) is 0.940. The molecule has 0 saturated carbocycles. The van der Waals surface area contributed by atoms with Crippen molar-refractivity contribution < 1.29 is 4.74 Å². The SMILES string of the molecule is C=N/C(N)=N\C=C(/C)c1ccc2ncc3c(c2c1)n(C1CCOCC1)c(=O)n3C. The predicted octanol–water partition coefficient (Wildman–Crippen LogP) is 2.62. The van der Waals surface area contributed by atoms with Crippen molar-refractivity contribution in [1.29, 1.82) is 0 Å². The largest absolute Gasteiger partial charge is 0.381 e. The van der Waals surface area contributed by atoms with Gasteiger partial charge < -0.3 is 10.5 Å². The standard InChI is InChI=1S/C21H24N6O2/c1-13(11-25-20(22)23-2)14-4-5-17-16(10-14)19-18(12-24-17)26(3)21(28)27(19)15-6-8-29-9-7-15/h4-5,10-12,15H,2,6-9H2,1,3H3,(H2,22,25)/b13-11+. The van der Waals surface area contributed by atoms with Crippen LogP contribution in [0.2, 0.25) is 0 Å². The average Bonchev–Trinajstić information content (AvgIpc) is 3.02. The van der Waals surface area contributed by atoms with Crippen LogP contribution in [0, 0.1) is 0 Å². The Morgan fingerprint density at radius 1 is 1.38 bits per heavy atom. The van der Waals surface area contributed by atoms with E-state index < -0.39 is 0 Å². The molecule has 150 valence electrons. The molecule has 2 aromatic heterocycles. The smallest absolute Gasteiger partial charge is 0.329 e. The summed E-state index contributed by atoms with van der Waals surface area (Å²) in [4.78, 5) is 25.3. The molecular formula is C21H24N6O2. The number of hydrogen-bond acceptors (Lipinski definition) is 4. The Hall–Kier alpha value is -3.26. The number of fused-ring (bicyclic) bond motifs is 3. The third-order valence-electron chi connectivity index (χ3n) is 5.48. The summed E-state index contributed by atoms with van der Waals surface area (Å²) in [5.74, 6) is 0.116. The third-order valence-corrected chi connectivity index (χ3v) is 5.48. The number of pyridine rings is 1. The molecule has 0 amide bonds. The normalized spacial score (nSPS) is 16.6. The Balaban J connectivity index is 1.95. The maximum absolute atomic E-state index is 13.1. The quantitative estimate of drug-likeness (QED) is 0.547. The number of aromatic nitrogens is 3. The summed E-state index contributed by atoms with van der Waals surface area (Å²) >= 11 is 0. The van der Waals surface area contributed by atoms with Crippen molar-refractivity contribution >= 4 is 40.2 Å². The number of imidazole rings is 1. The van der Waals surface area contributed by atoms with Crippen molar-refractivity contribution in [3.05, 3.63) is 46.6 Å². The molecule has 0 radical (unpaired) electrons. The number of nitrogens with two attached hydrogens (primary N) is 1. The van der Waals surface area contributed by atoms with Gasteiger partial charge in [-0.3, -0.25) is 14.1 Å².